The Morgan fingerprint density at radius 3 is 2.35 bits per heavy atom. The van der Waals surface area contributed by atoms with Gasteiger partial charge in [-0.1, -0.05) is 64.5 Å². The largest absolute Gasteiger partial charge is 0.462 e. The second kappa shape index (κ2) is 19.8. The Morgan fingerprint density at radius 1 is 0.919 bits per heavy atom. The molecule has 0 amide bonds. The van der Waals surface area contributed by atoms with Crippen molar-refractivity contribution in [1.82, 2.24) is 0 Å². The van der Waals surface area contributed by atoms with E-state index in [0.29, 0.717) is 61.5 Å². The molecule has 0 aromatic carbocycles. The highest BCUT2D eigenvalue weighted by Gasteiger charge is 2.60. The minimum absolute atomic E-state index is 0.00708. The van der Waals surface area contributed by atoms with Gasteiger partial charge in [-0.25, -0.2) is 0 Å². The van der Waals surface area contributed by atoms with E-state index in [9.17, 15) is 20.1 Å². The van der Waals surface area contributed by atoms with Crippen LogP contribution in [0.5, 0.6) is 0 Å². The zero-order valence-corrected chi connectivity index (χ0v) is 38.5. The summed E-state index contributed by atoms with van der Waals surface area (Å²) in [5, 5.41) is 34.2. The van der Waals surface area contributed by atoms with Crippen LogP contribution in [0.1, 0.15) is 107 Å². The normalized spacial score (nSPS) is 49.4. The molecule has 7 aliphatic rings. The molecule has 350 valence electrons. The maximum Gasteiger partial charge on any atom is 0.316 e. The van der Waals surface area contributed by atoms with Crippen molar-refractivity contribution in [2.24, 2.45) is 23.7 Å². The molecule has 5 saturated heterocycles. The number of aliphatic hydroxyl groups is 3. The third-order valence-electron chi connectivity index (χ3n) is 14.9. The van der Waals surface area contributed by atoms with Gasteiger partial charge in [0.25, 0.3) is 0 Å². The number of methoxy groups -OCH3 is 2. The summed E-state index contributed by atoms with van der Waals surface area (Å²) in [5.41, 5.74) is 0.188. The number of esters is 1. The quantitative estimate of drug-likeness (QED) is 0.204. The van der Waals surface area contributed by atoms with Crippen LogP contribution in [0.25, 0.3) is 0 Å². The summed E-state index contributed by atoms with van der Waals surface area (Å²) >= 11 is 0. The molecule has 62 heavy (non-hydrogen) atoms. The monoisotopic (exact) mass is 875 g/mol. The molecule has 0 aromatic rings. The molecule has 3 N–H and O–H groups in total. The maximum absolute atomic E-state index is 14.4. The predicted octanol–water partition coefficient (Wildman–Crippen LogP) is 5.60. The average Bonchev–Trinajstić information content (AvgIpc) is 3.58. The highest BCUT2D eigenvalue weighted by atomic mass is 16.7. The number of hydrogen-bond acceptors (Lipinski definition) is 14. The number of fused-ring (bicyclic) bond motifs is 2. The first kappa shape index (κ1) is 47.9. The molecule has 0 saturated carbocycles. The summed E-state index contributed by atoms with van der Waals surface area (Å²) in [7, 11) is 3.23. The average molecular weight is 875 g/mol. The Hall–Kier alpha value is -2.05. The second-order valence-corrected chi connectivity index (χ2v) is 19.4. The summed E-state index contributed by atoms with van der Waals surface area (Å²) in [4.78, 5) is 14.4. The van der Waals surface area contributed by atoms with Crippen molar-refractivity contribution in [2.45, 2.75) is 204 Å². The summed E-state index contributed by atoms with van der Waals surface area (Å²) in [5.74, 6) is -2.10. The predicted molar refractivity (Wildman–Crippen MR) is 227 cm³/mol. The molecule has 0 aromatic heterocycles. The van der Waals surface area contributed by atoms with Gasteiger partial charge in [0.1, 0.15) is 42.0 Å². The maximum atomic E-state index is 14.4. The lowest BCUT2D eigenvalue weighted by molar-refractivity contribution is -0.340. The van der Waals surface area contributed by atoms with Gasteiger partial charge in [0.15, 0.2) is 18.4 Å². The zero-order chi connectivity index (χ0) is 44.7. The molecule has 6 heterocycles. The van der Waals surface area contributed by atoms with Gasteiger partial charge in [-0.3, -0.25) is 4.79 Å². The van der Waals surface area contributed by atoms with E-state index < -0.39 is 90.8 Å². The second-order valence-electron chi connectivity index (χ2n) is 19.4. The number of ether oxygens (including phenoxy) is 10. The van der Waals surface area contributed by atoms with Crippen molar-refractivity contribution in [3.8, 4) is 0 Å². The Bertz CT molecular complexity index is 1680. The summed E-state index contributed by atoms with van der Waals surface area (Å²) < 4.78 is 63.9. The zero-order valence-electron chi connectivity index (χ0n) is 38.5. The Kier molecular flexibility index (Phi) is 15.3. The van der Waals surface area contributed by atoms with E-state index >= 15 is 0 Å². The Balaban J connectivity index is 1.18. The Labute approximate surface area is 368 Å². The third-order valence-corrected chi connectivity index (χ3v) is 14.9. The van der Waals surface area contributed by atoms with Crippen molar-refractivity contribution in [3.63, 3.8) is 0 Å². The van der Waals surface area contributed by atoms with E-state index in [1.54, 1.807) is 40.2 Å². The van der Waals surface area contributed by atoms with Crippen LogP contribution in [0.2, 0.25) is 0 Å². The van der Waals surface area contributed by atoms with Crippen LogP contribution in [0, 0.1) is 23.7 Å². The van der Waals surface area contributed by atoms with E-state index in [1.165, 1.54) is 0 Å². The molecule has 14 heteroatoms. The van der Waals surface area contributed by atoms with Crippen LogP contribution in [-0.2, 0) is 52.2 Å². The molecule has 14 nitrogen and oxygen atoms in total. The van der Waals surface area contributed by atoms with E-state index in [1.807, 2.05) is 19.1 Å². The molecular weight excluding hydrogens is 801 g/mol. The number of hydrogen-bond donors (Lipinski definition) is 3. The van der Waals surface area contributed by atoms with Gasteiger partial charge in [0.05, 0.1) is 49.3 Å². The van der Waals surface area contributed by atoms with Crippen molar-refractivity contribution < 1.29 is 67.5 Å². The molecule has 2 bridgehead atoms. The summed E-state index contributed by atoms with van der Waals surface area (Å²) in [6.45, 7) is 16.3. The van der Waals surface area contributed by atoms with Crippen LogP contribution in [0.15, 0.2) is 47.1 Å². The van der Waals surface area contributed by atoms with Crippen LogP contribution < -0.4 is 0 Å². The molecule has 1 spiro atoms. The van der Waals surface area contributed by atoms with Crippen LogP contribution in [0.4, 0.5) is 0 Å². The van der Waals surface area contributed by atoms with E-state index in [4.69, 9.17) is 47.4 Å². The minimum atomic E-state index is -1.82. The van der Waals surface area contributed by atoms with Gasteiger partial charge in [0, 0.05) is 52.2 Å². The lowest BCUT2D eigenvalue weighted by Gasteiger charge is -2.51. The lowest BCUT2D eigenvalue weighted by Crippen LogP contribution is -2.58. The van der Waals surface area contributed by atoms with Crippen LogP contribution >= 0.6 is 0 Å². The van der Waals surface area contributed by atoms with Gasteiger partial charge in [-0.15, -0.1) is 0 Å². The standard InChI is InChI=1S/C48H74O14/c1-11-25(2)43-28(5)17-18-47(62-43)23-34-20-33(61-47)16-15-27(4)42(26(3)13-12-14-32-24-55-45-40(49)29(6)19-35(46(51)58-34)48(32,45)52)59-39-22-37(54-10)44(31(8)57-39)60-38-21-36(53-9)41(50)30(7)56-38/h12-15,19,25-26,28,30-31,33-45,49-50,52H,11,16-18,20-24H2,1-10H3/b13-12+,27-15+,32-14+/t25?,26-,28-,30-,31-,33+,34-,35-,36-,37-,38-,39-,40+,41-,42?,43+,44-,45+,47+,48+/m0/s1. The fraction of sp³-hybridized carbons (Fsp3) is 0.812. The molecule has 0 radical (unpaired) electrons. The van der Waals surface area contributed by atoms with Crippen molar-refractivity contribution in [3.05, 3.63) is 47.1 Å². The first-order valence-corrected chi connectivity index (χ1v) is 23.2. The molecule has 2 unspecified atom stereocenters. The van der Waals surface area contributed by atoms with E-state index in [-0.39, 0.29) is 30.8 Å². The lowest BCUT2D eigenvalue weighted by atomic mass is 9.71. The number of carbonyl (C=O) groups excluding carboxylic acids is 1. The number of allylic oxidation sites excluding steroid dienone is 2. The SMILES string of the molecule is CCC(C)[C@H]1O[C@]2(CC[C@@H]1C)C[C@@H]1C[C@@H](C/C=C(\C)C(O[C@H]3C[C@H](OC)[C@@H](O[C@H]4C[C@H](OC)[C@@H](O)[C@H](C)O4)[C@H](C)O3)[C@@H](C)/C=C/C=C3\CO[C@@H]4[C@H](O)C(C)=C[C@@H](C(=O)O1)[C@]34O)O2. The molecule has 7 rings (SSSR count). The fourth-order valence-corrected chi connectivity index (χ4v) is 11.0. The van der Waals surface area contributed by atoms with Crippen LogP contribution in [0.3, 0.4) is 0 Å². The Morgan fingerprint density at radius 2 is 1.63 bits per heavy atom. The molecule has 6 aliphatic heterocycles. The van der Waals surface area contributed by atoms with Crippen LogP contribution in [-0.4, -0.2) is 139 Å². The van der Waals surface area contributed by atoms with Gasteiger partial charge < -0.3 is 62.7 Å². The van der Waals surface area contributed by atoms with Gasteiger partial charge >= 0.3 is 5.97 Å². The van der Waals surface area contributed by atoms with Gasteiger partial charge in [-0.05, 0) is 69.1 Å². The molecular formula is C48H74O14. The number of carbonyl (C=O) groups is 1. The molecule has 1 aliphatic carbocycles. The third kappa shape index (κ3) is 9.73. The van der Waals surface area contributed by atoms with E-state index in [2.05, 4.69) is 40.7 Å². The number of rotatable bonds is 8. The first-order chi connectivity index (χ1) is 29.5. The van der Waals surface area contributed by atoms with Crippen molar-refractivity contribution in [1.29, 1.82) is 0 Å². The number of aliphatic hydroxyl groups excluding tert-OH is 2. The summed E-state index contributed by atoms with van der Waals surface area (Å²) in [6, 6.07) is 0. The molecule has 20 atom stereocenters. The molecule has 5 fully saturated rings. The van der Waals surface area contributed by atoms with Gasteiger partial charge in [-0.2, -0.15) is 0 Å². The highest BCUT2D eigenvalue weighted by Crippen LogP contribution is 2.48. The highest BCUT2D eigenvalue weighted by molar-refractivity contribution is 5.78. The smallest absolute Gasteiger partial charge is 0.316 e. The van der Waals surface area contributed by atoms with Gasteiger partial charge in [0.2, 0.25) is 0 Å². The van der Waals surface area contributed by atoms with E-state index in [0.717, 1.165) is 18.4 Å². The minimum Gasteiger partial charge on any atom is -0.462 e. The summed E-state index contributed by atoms with van der Waals surface area (Å²) in [6.07, 6.45) is 6.53. The van der Waals surface area contributed by atoms with Crippen molar-refractivity contribution >= 4 is 5.97 Å². The first-order valence-electron chi connectivity index (χ1n) is 23.2. The fourth-order valence-electron chi connectivity index (χ4n) is 11.0. The topological polar surface area (TPSA) is 170 Å². The van der Waals surface area contributed by atoms with Crippen molar-refractivity contribution in [2.75, 3.05) is 20.8 Å².